The lowest BCUT2D eigenvalue weighted by molar-refractivity contribution is 0.334. The number of likely N-dealkylation sites (N-methyl/N-ethyl adjacent to an activating group) is 1. The molecule has 0 radical (unpaired) electrons. The molecule has 2 heterocycles. The molecule has 0 unspecified atom stereocenters. The van der Waals surface area contributed by atoms with E-state index in [1.54, 1.807) is 11.3 Å². The van der Waals surface area contributed by atoms with Crippen LogP contribution in [0.4, 0.5) is 0 Å². The molecule has 2 aromatic rings. The quantitative estimate of drug-likeness (QED) is 0.793. The van der Waals surface area contributed by atoms with Gasteiger partial charge in [0.1, 0.15) is 0 Å². The third-order valence-electron chi connectivity index (χ3n) is 2.44. The molecule has 0 bridgehead atoms. The summed E-state index contributed by atoms with van der Waals surface area (Å²) in [5, 5.41) is 0. The Morgan fingerprint density at radius 3 is 2.75 bits per heavy atom. The molecule has 0 aliphatic rings. The molecule has 3 nitrogen and oxygen atoms in total. The molecule has 0 aliphatic carbocycles. The number of rotatable bonds is 5. The normalized spacial score (nSPS) is 10.9. The van der Waals surface area contributed by atoms with Gasteiger partial charge in [-0.2, -0.15) is 0 Å². The van der Waals surface area contributed by atoms with Crippen LogP contribution in [0.5, 0.6) is 0 Å². The molecule has 0 saturated heterocycles. The van der Waals surface area contributed by atoms with Crippen LogP contribution in [0.3, 0.4) is 0 Å². The standard InChI is InChI=1S/C12H15N3S/c1-15(9-12-8-14-10-16-12)7-4-11-2-5-13-6-3-11/h2-3,5-6,8,10H,4,7,9H2,1H3. The predicted octanol–water partition coefficient (Wildman–Crippen LogP) is 2.21. The topological polar surface area (TPSA) is 29.0 Å². The molecule has 0 amide bonds. The molecular weight excluding hydrogens is 218 g/mol. The lowest BCUT2D eigenvalue weighted by atomic mass is 10.2. The first-order chi connectivity index (χ1) is 7.84. The van der Waals surface area contributed by atoms with E-state index in [0.29, 0.717) is 0 Å². The Bertz CT molecular complexity index is 399. The maximum atomic E-state index is 4.08. The van der Waals surface area contributed by atoms with E-state index in [-0.39, 0.29) is 0 Å². The van der Waals surface area contributed by atoms with E-state index in [0.717, 1.165) is 19.5 Å². The number of hydrogen-bond donors (Lipinski definition) is 0. The molecule has 0 aromatic carbocycles. The fourth-order valence-corrected chi connectivity index (χ4v) is 2.21. The van der Waals surface area contributed by atoms with Gasteiger partial charge in [-0.15, -0.1) is 11.3 Å². The second-order valence-electron chi connectivity index (χ2n) is 3.81. The van der Waals surface area contributed by atoms with Gasteiger partial charge in [-0.3, -0.25) is 9.97 Å². The highest BCUT2D eigenvalue weighted by molar-refractivity contribution is 7.09. The first kappa shape index (κ1) is 11.2. The molecule has 0 saturated carbocycles. The first-order valence-electron chi connectivity index (χ1n) is 5.29. The molecule has 84 valence electrons. The zero-order valence-corrected chi connectivity index (χ0v) is 10.2. The highest BCUT2D eigenvalue weighted by atomic mass is 32.1. The Morgan fingerprint density at radius 1 is 1.25 bits per heavy atom. The molecule has 0 atom stereocenters. The minimum atomic E-state index is 0.982. The maximum Gasteiger partial charge on any atom is 0.0794 e. The van der Waals surface area contributed by atoms with Crippen LogP contribution in [0.15, 0.2) is 36.2 Å². The number of aromatic nitrogens is 2. The van der Waals surface area contributed by atoms with Gasteiger partial charge in [0, 0.05) is 36.6 Å². The predicted molar refractivity (Wildman–Crippen MR) is 66.4 cm³/mol. The summed E-state index contributed by atoms with van der Waals surface area (Å²) in [6.07, 6.45) is 6.70. The summed E-state index contributed by atoms with van der Waals surface area (Å²) in [6, 6.07) is 4.14. The molecular formula is C12H15N3S. The van der Waals surface area contributed by atoms with Crippen molar-refractivity contribution >= 4 is 11.3 Å². The second-order valence-corrected chi connectivity index (χ2v) is 4.78. The average Bonchev–Trinajstić information content (AvgIpc) is 2.81. The van der Waals surface area contributed by atoms with Crippen LogP contribution in [0, 0.1) is 0 Å². The van der Waals surface area contributed by atoms with Gasteiger partial charge >= 0.3 is 0 Å². The Balaban J connectivity index is 1.78. The van der Waals surface area contributed by atoms with E-state index in [9.17, 15) is 0 Å². The van der Waals surface area contributed by atoms with Crippen molar-refractivity contribution in [3.63, 3.8) is 0 Å². The fourth-order valence-electron chi connectivity index (χ4n) is 1.53. The number of pyridine rings is 1. The summed E-state index contributed by atoms with van der Waals surface area (Å²) >= 11 is 1.71. The minimum absolute atomic E-state index is 0.982. The number of hydrogen-bond acceptors (Lipinski definition) is 4. The molecule has 16 heavy (non-hydrogen) atoms. The minimum Gasteiger partial charge on any atom is -0.301 e. The monoisotopic (exact) mass is 233 g/mol. The third-order valence-corrected chi connectivity index (χ3v) is 3.21. The van der Waals surface area contributed by atoms with Crippen molar-refractivity contribution in [1.82, 2.24) is 14.9 Å². The fraction of sp³-hybridized carbons (Fsp3) is 0.333. The summed E-state index contributed by atoms with van der Waals surface area (Å²) in [4.78, 5) is 11.7. The largest absolute Gasteiger partial charge is 0.301 e. The van der Waals surface area contributed by atoms with Crippen LogP contribution in [0.2, 0.25) is 0 Å². The summed E-state index contributed by atoms with van der Waals surface area (Å²) in [5.41, 5.74) is 3.22. The maximum absolute atomic E-state index is 4.08. The Morgan fingerprint density at radius 2 is 2.06 bits per heavy atom. The van der Waals surface area contributed by atoms with E-state index in [1.165, 1.54) is 10.4 Å². The molecule has 0 fully saturated rings. The lowest BCUT2D eigenvalue weighted by Crippen LogP contribution is -2.20. The summed E-state index contributed by atoms with van der Waals surface area (Å²) in [5.74, 6) is 0. The van der Waals surface area contributed by atoms with Gasteiger partial charge in [0.15, 0.2) is 0 Å². The van der Waals surface area contributed by atoms with Gasteiger partial charge in [0.2, 0.25) is 0 Å². The molecule has 0 N–H and O–H groups in total. The van der Waals surface area contributed by atoms with Gasteiger partial charge in [0.25, 0.3) is 0 Å². The SMILES string of the molecule is CN(CCc1ccncc1)Cc1cncs1. The highest BCUT2D eigenvalue weighted by Crippen LogP contribution is 2.08. The van der Waals surface area contributed by atoms with Crippen molar-refractivity contribution in [3.05, 3.63) is 46.7 Å². The Kier molecular flexibility index (Phi) is 4.02. The molecule has 0 spiro atoms. The summed E-state index contributed by atoms with van der Waals surface area (Å²) in [6.45, 7) is 2.04. The molecule has 0 aliphatic heterocycles. The average molecular weight is 233 g/mol. The van der Waals surface area contributed by atoms with Crippen LogP contribution < -0.4 is 0 Å². The zero-order valence-electron chi connectivity index (χ0n) is 9.34. The number of thiazole rings is 1. The van der Waals surface area contributed by atoms with Crippen LogP contribution in [-0.4, -0.2) is 28.5 Å². The summed E-state index contributed by atoms with van der Waals surface area (Å²) in [7, 11) is 2.14. The molecule has 2 rings (SSSR count). The van der Waals surface area contributed by atoms with E-state index in [4.69, 9.17) is 0 Å². The van der Waals surface area contributed by atoms with E-state index in [2.05, 4.69) is 34.0 Å². The smallest absolute Gasteiger partial charge is 0.0794 e. The Labute approximate surface area is 99.8 Å². The van der Waals surface area contributed by atoms with Crippen LogP contribution in [0.25, 0.3) is 0 Å². The van der Waals surface area contributed by atoms with E-state index in [1.807, 2.05) is 24.1 Å². The van der Waals surface area contributed by atoms with Gasteiger partial charge in [0.05, 0.1) is 5.51 Å². The Hall–Kier alpha value is -1.26. The van der Waals surface area contributed by atoms with E-state index >= 15 is 0 Å². The third kappa shape index (κ3) is 3.40. The van der Waals surface area contributed by atoms with Crippen molar-refractivity contribution in [2.24, 2.45) is 0 Å². The summed E-state index contributed by atoms with van der Waals surface area (Å²) < 4.78 is 0. The van der Waals surface area contributed by atoms with Crippen LogP contribution in [0.1, 0.15) is 10.4 Å². The lowest BCUT2D eigenvalue weighted by Gasteiger charge is -2.14. The van der Waals surface area contributed by atoms with Crippen molar-refractivity contribution in [2.45, 2.75) is 13.0 Å². The second kappa shape index (κ2) is 5.72. The van der Waals surface area contributed by atoms with Gasteiger partial charge in [-0.1, -0.05) is 0 Å². The van der Waals surface area contributed by atoms with E-state index < -0.39 is 0 Å². The van der Waals surface area contributed by atoms with Crippen molar-refractivity contribution < 1.29 is 0 Å². The van der Waals surface area contributed by atoms with Crippen molar-refractivity contribution in [3.8, 4) is 0 Å². The number of nitrogens with zero attached hydrogens (tertiary/aromatic N) is 3. The van der Waals surface area contributed by atoms with Gasteiger partial charge in [-0.25, -0.2) is 0 Å². The van der Waals surface area contributed by atoms with Crippen molar-refractivity contribution in [2.75, 3.05) is 13.6 Å². The van der Waals surface area contributed by atoms with Gasteiger partial charge in [-0.05, 0) is 31.2 Å². The zero-order chi connectivity index (χ0) is 11.2. The van der Waals surface area contributed by atoms with Crippen molar-refractivity contribution in [1.29, 1.82) is 0 Å². The highest BCUT2D eigenvalue weighted by Gasteiger charge is 2.01. The van der Waals surface area contributed by atoms with Crippen LogP contribution >= 0.6 is 11.3 Å². The first-order valence-corrected chi connectivity index (χ1v) is 6.17. The van der Waals surface area contributed by atoms with Crippen LogP contribution in [-0.2, 0) is 13.0 Å². The molecule has 2 aromatic heterocycles. The van der Waals surface area contributed by atoms with Gasteiger partial charge < -0.3 is 4.90 Å². The molecule has 4 heteroatoms.